The van der Waals surface area contributed by atoms with Gasteiger partial charge in [0.05, 0.1) is 16.3 Å². The molecule has 0 N–H and O–H groups in total. The number of rotatable bonds is 8. The Morgan fingerprint density at radius 1 is 1.17 bits per heavy atom. The van der Waals surface area contributed by atoms with E-state index < -0.39 is 0 Å². The van der Waals surface area contributed by atoms with Gasteiger partial charge in [0.2, 0.25) is 0 Å². The van der Waals surface area contributed by atoms with Crippen LogP contribution in [0.3, 0.4) is 0 Å². The van der Waals surface area contributed by atoms with Crippen molar-refractivity contribution in [2.24, 2.45) is 0 Å². The zero-order valence-corrected chi connectivity index (χ0v) is 19.7. The third-order valence-electron chi connectivity index (χ3n) is 4.58. The number of carbonyl (C=O) groups is 1. The fraction of sp³-hybridized carbons (Fsp3) is 0.391. The van der Waals surface area contributed by atoms with Crippen LogP contribution in [0, 0.1) is 6.92 Å². The minimum absolute atomic E-state index is 0.0624. The van der Waals surface area contributed by atoms with Crippen LogP contribution in [0.15, 0.2) is 36.4 Å². The van der Waals surface area contributed by atoms with Crippen molar-refractivity contribution in [1.29, 1.82) is 0 Å². The van der Waals surface area contributed by atoms with Crippen molar-refractivity contribution in [2.45, 2.75) is 33.3 Å². The molecule has 5 nitrogen and oxygen atoms in total. The smallest absolute Gasteiger partial charge is 0.260 e. The van der Waals surface area contributed by atoms with Gasteiger partial charge in [-0.05, 0) is 89.8 Å². The molecular weight excluding hydrogens is 418 g/mol. The number of thiazole rings is 1. The summed E-state index contributed by atoms with van der Waals surface area (Å²) in [5.41, 5.74) is 2.52. The van der Waals surface area contributed by atoms with Crippen LogP contribution in [0.2, 0.25) is 5.02 Å². The number of benzene rings is 2. The number of fused-ring (bicyclic) bond motifs is 1. The van der Waals surface area contributed by atoms with E-state index in [4.69, 9.17) is 21.3 Å². The average Bonchev–Trinajstić information content (AvgIpc) is 3.08. The summed E-state index contributed by atoms with van der Waals surface area (Å²) in [5.74, 6) is 0.693. The van der Waals surface area contributed by atoms with Crippen molar-refractivity contribution in [3.05, 3.63) is 52.5 Å². The van der Waals surface area contributed by atoms with Gasteiger partial charge in [-0.3, -0.25) is 9.69 Å². The molecule has 0 atom stereocenters. The molecule has 1 heterocycles. The van der Waals surface area contributed by atoms with Gasteiger partial charge >= 0.3 is 0 Å². The van der Waals surface area contributed by atoms with E-state index in [-0.39, 0.29) is 12.0 Å². The summed E-state index contributed by atoms with van der Waals surface area (Å²) in [4.78, 5) is 22.1. The van der Waals surface area contributed by atoms with Gasteiger partial charge < -0.3 is 9.64 Å². The molecule has 0 aliphatic heterocycles. The van der Waals surface area contributed by atoms with Gasteiger partial charge in [-0.15, -0.1) is 0 Å². The van der Waals surface area contributed by atoms with Crippen molar-refractivity contribution in [1.82, 2.24) is 9.88 Å². The quantitative estimate of drug-likeness (QED) is 0.449. The number of hydrogen-bond donors (Lipinski definition) is 0. The van der Waals surface area contributed by atoms with E-state index in [0.717, 1.165) is 34.5 Å². The fourth-order valence-corrected chi connectivity index (χ4v) is 4.64. The highest BCUT2D eigenvalue weighted by atomic mass is 35.5. The standard InChI is InChI=1S/C23H28ClN3O2S/c1-15(2)29-19-9-7-17(8-10-19)22(28)27(12-6-11-26(4)5)23-25-21-16(3)13-18(24)14-20(21)30-23/h7-10,13-15H,6,11-12H2,1-5H3. The molecule has 160 valence electrons. The molecule has 2 aromatic carbocycles. The lowest BCUT2D eigenvalue weighted by atomic mass is 10.2. The number of anilines is 1. The Kier molecular flexibility index (Phi) is 7.34. The minimum Gasteiger partial charge on any atom is -0.491 e. The molecule has 1 amide bonds. The van der Waals surface area contributed by atoms with Crippen molar-refractivity contribution >= 4 is 44.2 Å². The molecule has 0 aliphatic carbocycles. The number of ether oxygens (including phenoxy) is 1. The summed E-state index contributed by atoms with van der Waals surface area (Å²) in [6, 6.07) is 11.1. The van der Waals surface area contributed by atoms with Crippen LogP contribution in [0.1, 0.15) is 36.2 Å². The van der Waals surface area contributed by atoms with E-state index in [2.05, 4.69) is 4.90 Å². The second kappa shape index (κ2) is 9.77. The molecule has 0 fully saturated rings. The third kappa shape index (κ3) is 5.50. The van der Waals surface area contributed by atoms with Crippen LogP contribution in [0.5, 0.6) is 5.75 Å². The predicted octanol–water partition coefficient (Wildman–Crippen LogP) is 5.64. The summed E-state index contributed by atoms with van der Waals surface area (Å²) in [6.45, 7) is 7.43. The number of nitrogens with zero attached hydrogens (tertiary/aromatic N) is 3. The van der Waals surface area contributed by atoms with Crippen LogP contribution in [0.25, 0.3) is 10.2 Å². The first-order valence-electron chi connectivity index (χ1n) is 10.0. The molecule has 0 saturated heterocycles. The minimum atomic E-state index is -0.0624. The van der Waals surface area contributed by atoms with Gasteiger partial charge in [-0.1, -0.05) is 22.9 Å². The maximum atomic E-state index is 13.4. The van der Waals surface area contributed by atoms with Crippen LogP contribution in [-0.2, 0) is 0 Å². The topological polar surface area (TPSA) is 45.7 Å². The molecule has 0 radical (unpaired) electrons. The number of aromatic nitrogens is 1. The molecule has 0 saturated carbocycles. The first-order chi connectivity index (χ1) is 14.2. The molecule has 1 aromatic heterocycles. The van der Waals surface area contributed by atoms with Crippen molar-refractivity contribution < 1.29 is 9.53 Å². The van der Waals surface area contributed by atoms with E-state index in [1.54, 1.807) is 4.90 Å². The first-order valence-corrected chi connectivity index (χ1v) is 11.2. The summed E-state index contributed by atoms with van der Waals surface area (Å²) >= 11 is 7.72. The monoisotopic (exact) mass is 445 g/mol. The summed E-state index contributed by atoms with van der Waals surface area (Å²) < 4.78 is 6.68. The highest BCUT2D eigenvalue weighted by Crippen LogP contribution is 2.34. The Morgan fingerprint density at radius 3 is 2.50 bits per heavy atom. The lowest BCUT2D eigenvalue weighted by molar-refractivity contribution is 0.0986. The summed E-state index contributed by atoms with van der Waals surface area (Å²) in [7, 11) is 4.06. The molecular formula is C23H28ClN3O2S. The van der Waals surface area contributed by atoms with Crippen molar-refractivity contribution in [2.75, 3.05) is 32.1 Å². The van der Waals surface area contributed by atoms with Crippen molar-refractivity contribution in [3.63, 3.8) is 0 Å². The Balaban J connectivity index is 1.92. The Bertz CT molecular complexity index is 1020. The lowest BCUT2D eigenvalue weighted by Gasteiger charge is -2.21. The predicted molar refractivity (Wildman–Crippen MR) is 126 cm³/mol. The molecule has 0 unspecified atom stereocenters. The Hall–Kier alpha value is -2.15. The fourth-order valence-electron chi connectivity index (χ4n) is 3.19. The van der Waals surface area contributed by atoms with Crippen LogP contribution < -0.4 is 9.64 Å². The van der Waals surface area contributed by atoms with Gasteiger partial charge in [0.15, 0.2) is 5.13 Å². The molecule has 0 aliphatic rings. The zero-order valence-electron chi connectivity index (χ0n) is 18.1. The molecule has 0 spiro atoms. The summed E-state index contributed by atoms with van der Waals surface area (Å²) in [5, 5.41) is 1.38. The highest BCUT2D eigenvalue weighted by molar-refractivity contribution is 7.22. The first kappa shape index (κ1) is 22.5. The van der Waals surface area contributed by atoms with Crippen LogP contribution in [-0.4, -0.2) is 49.1 Å². The normalized spacial score (nSPS) is 11.5. The Morgan fingerprint density at radius 2 is 1.87 bits per heavy atom. The summed E-state index contributed by atoms with van der Waals surface area (Å²) in [6.07, 6.45) is 0.940. The third-order valence-corrected chi connectivity index (χ3v) is 5.82. The van der Waals surface area contributed by atoms with E-state index in [9.17, 15) is 4.79 Å². The second-order valence-corrected chi connectivity index (χ2v) is 9.32. The van der Waals surface area contributed by atoms with Crippen molar-refractivity contribution in [3.8, 4) is 5.75 Å². The lowest BCUT2D eigenvalue weighted by Crippen LogP contribution is -2.33. The Labute approximate surface area is 187 Å². The maximum absolute atomic E-state index is 13.4. The highest BCUT2D eigenvalue weighted by Gasteiger charge is 2.22. The molecule has 3 aromatic rings. The van der Waals surface area contributed by atoms with Gasteiger partial charge in [-0.25, -0.2) is 4.98 Å². The van der Waals surface area contributed by atoms with Crippen LogP contribution >= 0.6 is 22.9 Å². The van der Waals surface area contributed by atoms with E-state index >= 15 is 0 Å². The zero-order chi connectivity index (χ0) is 21.8. The van der Waals surface area contributed by atoms with E-state index in [0.29, 0.717) is 22.3 Å². The molecule has 7 heteroatoms. The number of aryl methyl sites for hydroxylation is 1. The van der Waals surface area contributed by atoms with E-state index in [1.165, 1.54) is 11.3 Å². The molecule has 30 heavy (non-hydrogen) atoms. The van der Waals surface area contributed by atoms with E-state index in [1.807, 2.05) is 71.3 Å². The number of amides is 1. The number of carbonyl (C=O) groups excluding carboxylic acids is 1. The van der Waals surface area contributed by atoms with Crippen LogP contribution in [0.4, 0.5) is 5.13 Å². The maximum Gasteiger partial charge on any atom is 0.260 e. The van der Waals surface area contributed by atoms with Gasteiger partial charge in [-0.2, -0.15) is 0 Å². The number of halogens is 1. The largest absolute Gasteiger partial charge is 0.491 e. The molecule has 3 rings (SSSR count). The van der Waals surface area contributed by atoms with Gasteiger partial charge in [0, 0.05) is 17.1 Å². The number of hydrogen-bond acceptors (Lipinski definition) is 5. The molecule has 0 bridgehead atoms. The average molecular weight is 446 g/mol. The second-order valence-electron chi connectivity index (χ2n) is 7.87. The van der Waals surface area contributed by atoms with Gasteiger partial charge in [0.1, 0.15) is 5.75 Å². The SMILES string of the molecule is Cc1cc(Cl)cc2sc(N(CCCN(C)C)C(=O)c3ccc(OC(C)C)cc3)nc12. The van der Waals surface area contributed by atoms with Gasteiger partial charge in [0.25, 0.3) is 5.91 Å².